The molecule has 0 heterocycles. The lowest BCUT2D eigenvalue weighted by molar-refractivity contribution is -0.143. The van der Waals surface area contributed by atoms with Gasteiger partial charge in [0.05, 0.1) is 12.7 Å². The Morgan fingerprint density at radius 3 is 2.71 bits per heavy atom. The minimum Gasteiger partial charge on any atom is -0.435 e. The lowest BCUT2D eigenvalue weighted by atomic mass is 9.46. The quantitative estimate of drug-likeness (QED) is 0.681. The third-order valence-corrected chi connectivity index (χ3v) is 8.78. The summed E-state index contributed by atoms with van der Waals surface area (Å²) >= 11 is 0. The number of carbonyl (C=O) groups excluding carboxylic acids is 3. The van der Waals surface area contributed by atoms with E-state index >= 15 is 0 Å². The Hall–Kier alpha value is -1.95. The van der Waals surface area contributed by atoms with Crippen LogP contribution in [0, 0.1) is 40.4 Å². The fraction of sp³-hybridized carbons (Fsp3) is 0.720. The van der Waals surface area contributed by atoms with E-state index in [2.05, 4.69) is 20.8 Å². The maximum Gasteiger partial charge on any atom is 0.508 e. The number of rotatable bonds is 4. The largest absolute Gasteiger partial charge is 0.508 e. The highest BCUT2D eigenvalue weighted by atomic mass is 16.7. The van der Waals surface area contributed by atoms with Crippen LogP contribution >= 0.6 is 0 Å². The molecule has 0 saturated heterocycles. The lowest BCUT2D eigenvalue weighted by Gasteiger charge is -2.58. The van der Waals surface area contributed by atoms with Gasteiger partial charge in [-0.05, 0) is 67.9 Å². The van der Waals surface area contributed by atoms with E-state index in [9.17, 15) is 19.5 Å². The van der Waals surface area contributed by atoms with Gasteiger partial charge in [0.2, 0.25) is 0 Å². The maximum atomic E-state index is 13.1. The Morgan fingerprint density at radius 2 is 2.00 bits per heavy atom. The normalized spacial score (nSPS) is 43.4. The molecule has 0 aromatic carbocycles. The van der Waals surface area contributed by atoms with E-state index < -0.39 is 12.3 Å². The SMILES string of the molecule is CCOC(=O)OCC(=O)C1[C@H](C)CC2C3CCC4=CC(=O)C=C[C@]4(C)C3[C@H](O)C[C@@]21C. The molecule has 0 amide bonds. The van der Waals surface area contributed by atoms with Gasteiger partial charge in [-0.3, -0.25) is 9.59 Å². The zero-order valence-corrected chi connectivity index (χ0v) is 18.9. The lowest BCUT2D eigenvalue weighted by Crippen LogP contribution is -2.56. The number of ether oxygens (including phenoxy) is 2. The number of aliphatic hydroxyl groups excluding tert-OH is 1. The molecule has 4 aliphatic rings. The average molecular weight is 431 g/mol. The zero-order valence-electron chi connectivity index (χ0n) is 18.9. The third kappa shape index (κ3) is 3.47. The number of aliphatic hydroxyl groups is 1. The minimum atomic E-state index is -0.815. The molecule has 3 fully saturated rings. The Kier molecular flexibility index (Phi) is 5.65. The van der Waals surface area contributed by atoms with Crippen molar-refractivity contribution in [3.05, 3.63) is 23.8 Å². The van der Waals surface area contributed by atoms with E-state index in [-0.39, 0.29) is 53.4 Å². The summed E-state index contributed by atoms with van der Waals surface area (Å²) < 4.78 is 9.82. The van der Waals surface area contributed by atoms with Crippen LogP contribution in [0.2, 0.25) is 0 Å². The highest BCUT2D eigenvalue weighted by Crippen LogP contribution is 2.67. The molecule has 6 heteroatoms. The molecule has 0 radical (unpaired) electrons. The molecule has 0 aromatic heterocycles. The summed E-state index contributed by atoms with van der Waals surface area (Å²) in [7, 11) is 0. The van der Waals surface area contributed by atoms with Crippen molar-refractivity contribution in [2.24, 2.45) is 40.4 Å². The second kappa shape index (κ2) is 7.88. The van der Waals surface area contributed by atoms with Crippen LogP contribution in [0.15, 0.2) is 23.8 Å². The number of carbonyl (C=O) groups is 3. The fourth-order valence-electron chi connectivity index (χ4n) is 7.76. The summed E-state index contributed by atoms with van der Waals surface area (Å²) in [5.41, 5.74) is 0.488. The molecule has 0 aliphatic heterocycles. The molecule has 0 aromatic rings. The van der Waals surface area contributed by atoms with Gasteiger partial charge in [-0.1, -0.05) is 32.4 Å². The first-order valence-corrected chi connectivity index (χ1v) is 11.6. The summed E-state index contributed by atoms with van der Waals surface area (Å²) in [4.78, 5) is 36.7. The first-order chi connectivity index (χ1) is 14.6. The first-order valence-electron chi connectivity index (χ1n) is 11.6. The van der Waals surface area contributed by atoms with Crippen LogP contribution in [-0.2, 0) is 19.1 Å². The summed E-state index contributed by atoms with van der Waals surface area (Å²) in [6.07, 6.45) is 7.29. The van der Waals surface area contributed by atoms with Gasteiger partial charge < -0.3 is 14.6 Å². The van der Waals surface area contributed by atoms with Gasteiger partial charge in [0, 0.05) is 17.3 Å². The number of hydrogen-bond acceptors (Lipinski definition) is 6. The molecule has 0 bridgehead atoms. The Bertz CT molecular complexity index is 843. The van der Waals surface area contributed by atoms with Crippen molar-refractivity contribution in [2.75, 3.05) is 13.2 Å². The second-order valence-electron chi connectivity index (χ2n) is 10.4. The molecule has 8 atom stereocenters. The minimum absolute atomic E-state index is 0.0304. The Morgan fingerprint density at radius 1 is 1.26 bits per heavy atom. The molecule has 170 valence electrons. The predicted octanol–water partition coefficient (Wildman–Crippen LogP) is 3.87. The van der Waals surface area contributed by atoms with Crippen LogP contribution in [0.25, 0.3) is 0 Å². The van der Waals surface area contributed by atoms with Gasteiger partial charge in [0.25, 0.3) is 0 Å². The van der Waals surface area contributed by atoms with Crippen LogP contribution in [0.1, 0.15) is 53.4 Å². The number of Topliss-reactive ketones (excluding diaryl/α,β-unsaturated/α-hetero) is 1. The molecular formula is C25H34O6. The van der Waals surface area contributed by atoms with E-state index in [1.165, 1.54) is 0 Å². The summed E-state index contributed by atoms with van der Waals surface area (Å²) in [5, 5.41) is 11.4. The monoisotopic (exact) mass is 430 g/mol. The predicted molar refractivity (Wildman–Crippen MR) is 114 cm³/mol. The van der Waals surface area contributed by atoms with E-state index in [1.807, 2.05) is 6.08 Å². The topological polar surface area (TPSA) is 89.9 Å². The van der Waals surface area contributed by atoms with Crippen LogP contribution in [0.4, 0.5) is 4.79 Å². The van der Waals surface area contributed by atoms with Crippen molar-refractivity contribution in [2.45, 2.75) is 59.5 Å². The van der Waals surface area contributed by atoms with Crippen LogP contribution in [0.3, 0.4) is 0 Å². The average Bonchev–Trinajstić information content (AvgIpc) is 2.96. The zero-order chi connectivity index (χ0) is 22.6. The van der Waals surface area contributed by atoms with Gasteiger partial charge in [-0.15, -0.1) is 0 Å². The Balaban J connectivity index is 1.59. The standard InChI is InChI=1S/C25H34O6/c1-5-30-23(29)31-13-20(28)21-14(2)10-18-17-7-6-15-11-16(26)8-9-24(15,3)22(17)19(27)12-25(18,21)4/h8-9,11,14,17-19,21-22,27H,5-7,10,12-13H2,1-4H3/t14-,17?,18?,19-,21?,22?,24+,25+/m1/s1. The van der Waals surface area contributed by atoms with Crippen molar-refractivity contribution in [1.29, 1.82) is 0 Å². The van der Waals surface area contributed by atoms with E-state index in [1.54, 1.807) is 19.1 Å². The number of ketones is 2. The molecule has 1 N–H and O–H groups in total. The van der Waals surface area contributed by atoms with Crippen LogP contribution in [0.5, 0.6) is 0 Å². The van der Waals surface area contributed by atoms with Gasteiger partial charge in [0.15, 0.2) is 18.2 Å². The fourth-order valence-corrected chi connectivity index (χ4v) is 7.76. The van der Waals surface area contributed by atoms with Gasteiger partial charge >= 0.3 is 6.16 Å². The van der Waals surface area contributed by atoms with Crippen molar-refractivity contribution >= 4 is 17.7 Å². The third-order valence-electron chi connectivity index (χ3n) is 8.78. The van der Waals surface area contributed by atoms with Crippen molar-refractivity contribution in [1.82, 2.24) is 0 Å². The summed E-state index contributed by atoms with van der Waals surface area (Å²) in [5.74, 6) is 0.511. The number of hydrogen-bond donors (Lipinski definition) is 1. The van der Waals surface area contributed by atoms with Gasteiger partial charge in [-0.2, -0.15) is 0 Å². The summed E-state index contributed by atoms with van der Waals surface area (Å²) in [6.45, 7) is 8.01. The van der Waals surface area contributed by atoms with E-state index in [0.29, 0.717) is 18.3 Å². The maximum absolute atomic E-state index is 13.1. The van der Waals surface area contributed by atoms with Crippen molar-refractivity contribution in [3.63, 3.8) is 0 Å². The van der Waals surface area contributed by atoms with Crippen molar-refractivity contribution < 1.29 is 29.0 Å². The second-order valence-corrected chi connectivity index (χ2v) is 10.4. The van der Waals surface area contributed by atoms with Crippen LogP contribution in [-0.4, -0.2) is 42.1 Å². The highest BCUT2D eigenvalue weighted by Gasteiger charge is 2.64. The van der Waals surface area contributed by atoms with Crippen molar-refractivity contribution in [3.8, 4) is 0 Å². The molecule has 6 nitrogen and oxygen atoms in total. The smallest absolute Gasteiger partial charge is 0.435 e. The molecule has 3 saturated carbocycles. The van der Waals surface area contributed by atoms with Gasteiger partial charge in [0.1, 0.15) is 0 Å². The molecule has 0 spiro atoms. The number of fused-ring (bicyclic) bond motifs is 5. The van der Waals surface area contributed by atoms with E-state index in [0.717, 1.165) is 24.8 Å². The molecule has 4 rings (SSSR count). The molecule has 4 aliphatic carbocycles. The number of allylic oxidation sites excluding steroid dienone is 4. The first kappa shape index (κ1) is 22.3. The summed E-state index contributed by atoms with van der Waals surface area (Å²) in [6, 6.07) is 0. The highest BCUT2D eigenvalue weighted by molar-refractivity contribution is 6.01. The van der Waals surface area contributed by atoms with Gasteiger partial charge in [-0.25, -0.2) is 4.79 Å². The molecular weight excluding hydrogens is 396 g/mol. The van der Waals surface area contributed by atoms with Crippen LogP contribution < -0.4 is 0 Å². The molecule has 31 heavy (non-hydrogen) atoms. The van der Waals surface area contributed by atoms with E-state index in [4.69, 9.17) is 9.47 Å². The Labute approximate surface area is 184 Å². The molecule has 4 unspecified atom stereocenters.